The smallest absolute Gasteiger partial charge is 0.141 e. The third-order valence-corrected chi connectivity index (χ3v) is 15.8. The number of rotatable bonds is 5. The number of para-hydroxylation sites is 1. The molecule has 0 aliphatic heterocycles. The second-order valence-corrected chi connectivity index (χ2v) is 18.9. The van der Waals surface area contributed by atoms with Gasteiger partial charge in [-0.05, 0) is 81.7 Å². The molecule has 0 unspecified atom stereocenters. The molecule has 3 aromatic heterocycles. The number of fused-ring (bicyclic) bond motifs is 9. The third-order valence-electron chi connectivity index (χ3n) is 14.6. The number of hydrogen-bond donors (Lipinski definition) is 0. The monoisotopic (exact) mass is 826 g/mol. The summed E-state index contributed by atoms with van der Waals surface area (Å²) in [5.41, 5.74) is 24.3. The van der Waals surface area contributed by atoms with E-state index >= 15 is 0 Å². The summed E-state index contributed by atoms with van der Waals surface area (Å²) >= 11 is 1.88. The van der Waals surface area contributed by atoms with Gasteiger partial charge in [-0.1, -0.05) is 148 Å². The summed E-state index contributed by atoms with van der Waals surface area (Å²) in [7, 11) is 16.4. The fraction of sp³-hybridized carbons (Fsp3) is 0. The number of thiophene rings is 1. The van der Waals surface area contributed by atoms with Crippen molar-refractivity contribution in [2.45, 2.75) is 0 Å². The highest BCUT2D eigenvalue weighted by molar-refractivity contribution is 7.25. The van der Waals surface area contributed by atoms with Crippen LogP contribution in [0, 0.1) is 0 Å². The van der Waals surface area contributed by atoms with Crippen molar-refractivity contribution in [3.8, 4) is 44.8 Å². The maximum Gasteiger partial charge on any atom is 0.141 e. The van der Waals surface area contributed by atoms with E-state index in [0.717, 1.165) is 0 Å². The van der Waals surface area contributed by atoms with E-state index in [4.69, 9.17) is 0 Å². The molecule has 0 aliphatic rings. The lowest BCUT2D eigenvalue weighted by atomic mass is 9.64. The SMILES string of the molecule is Bc1c(B)c(B)c2c(c1B)c1c(B)c(-c3ccc4c(c3)c3c(-c5ccccc5)cccc3n4-c3ccccc3-c3ccccc3)c(B)c(B)c1n2-c1ccc2sc3ccccc3c2c1. The summed E-state index contributed by atoms with van der Waals surface area (Å²) in [6, 6.07) is 60.6. The first-order valence-corrected chi connectivity index (χ1v) is 23.3. The Morgan fingerprint density at radius 1 is 0.344 bits per heavy atom. The first-order valence-electron chi connectivity index (χ1n) is 22.4. The molecule has 12 aromatic rings. The van der Waals surface area contributed by atoms with Crippen molar-refractivity contribution in [2.75, 3.05) is 0 Å². The molecule has 0 amide bonds. The second kappa shape index (κ2) is 14.7. The van der Waals surface area contributed by atoms with E-state index in [-0.39, 0.29) is 0 Å². The lowest BCUT2D eigenvalue weighted by Gasteiger charge is -2.19. The van der Waals surface area contributed by atoms with Crippen LogP contribution in [0.4, 0.5) is 0 Å². The summed E-state index contributed by atoms with van der Waals surface area (Å²) in [5, 5.41) is 7.90. The summed E-state index contributed by atoms with van der Waals surface area (Å²) in [4.78, 5) is 0. The molecule has 0 spiro atoms. The van der Waals surface area contributed by atoms with Crippen molar-refractivity contribution in [3.05, 3.63) is 164 Å². The maximum absolute atomic E-state index is 2.61. The molecule has 0 saturated heterocycles. The van der Waals surface area contributed by atoms with Gasteiger partial charge in [0.05, 0.1) is 16.7 Å². The van der Waals surface area contributed by atoms with Crippen LogP contribution >= 0.6 is 11.3 Å². The highest BCUT2D eigenvalue weighted by Crippen LogP contribution is 2.42. The van der Waals surface area contributed by atoms with Gasteiger partial charge in [0.1, 0.15) is 54.9 Å². The molecule has 64 heavy (non-hydrogen) atoms. The Hall–Kier alpha value is -6.75. The zero-order valence-electron chi connectivity index (χ0n) is 37.4. The van der Waals surface area contributed by atoms with Gasteiger partial charge in [-0.3, -0.25) is 0 Å². The van der Waals surface area contributed by atoms with Gasteiger partial charge >= 0.3 is 0 Å². The van der Waals surface area contributed by atoms with E-state index in [1.807, 2.05) is 11.3 Å². The van der Waals surface area contributed by atoms with Gasteiger partial charge in [0.15, 0.2) is 0 Å². The van der Waals surface area contributed by atoms with E-state index < -0.39 is 0 Å². The van der Waals surface area contributed by atoms with Crippen LogP contribution in [-0.2, 0) is 0 Å². The Kier molecular flexibility index (Phi) is 8.91. The van der Waals surface area contributed by atoms with Crippen LogP contribution in [0.25, 0.3) is 109 Å². The van der Waals surface area contributed by atoms with Crippen molar-refractivity contribution in [3.63, 3.8) is 0 Å². The molecule has 0 N–H and O–H groups in total. The van der Waals surface area contributed by atoms with Crippen LogP contribution in [0.15, 0.2) is 164 Å². The Bertz CT molecular complexity index is 3930. The second-order valence-electron chi connectivity index (χ2n) is 17.8. The molecule has 2 nitrogen and oxygen atoms in total. The summed E-state index contributed by atoms with van der Waals surface area (Å²) < 4.78 is 7.76. The predicted octanol–water partition coefficient (Wildman–Crippen LogP) is 3.06. The average Bonchev–Trinajstić information content (AvgIpc) is 4.01. The molecule has 0 aliphatic carbocycles. The average molecular weight is 826 g/mol. The summed E-state index contributed by atoms with van der Waals surface area (Å²) in [6.07, 6.45) is 0. The lowest BCUT2D eigenvalue weighted by molar-refractivity contribution is 1.18. The van der Waals surface area contributed by atoms with Crippen molar-refractivity contribution < 1.29 is 0 Å². The van der Waals surface area contributed by atoms with Crippen molar-refractivity contribution in [2.24, 2.45) is 0 Å². The normalized spacial score (nSPS) is 11.9. The molecule has 3 heterocycles. The maximum atomic E-state index is 2.61. The van der Waals surface area contributed by atoms with Crippen LogP contribution in [0.1, 0.15) is 0 Å². The molecule has 12 rings (SSSR count). The Morgan fingerprint density at radius 2 is 0.953 bits per heavy atom. The fourth-order valence-corrected chi connectivity index (χ4v) is 12.2. The zero-order valence-corrected chi connectivity index (χ0v) is 38.2. The van der Waals surface area contributed by atoms with Gasteiger partial charge in [0.2, 0.25) is 0 Å². The molecular formula is C54H41B7N2S. The van der Waals surface area contributed by atoms with Gasteiger partial charge < -0.3 is 9.13 Å². The molecular weight excluding hydrogens is 784 g/mol. The Balaban J connectivity index is 1.17. The van der Waals surface area contributed by atoms with Gasteiger partial charge in [-0.25, -0.2) is 0 Å². The minimum Gasteiger partial charge on any atom is -0.310 e. The predicted molar refractivity (Wildman–Crippen MR) is 302 cm³/mol. The molecule has 0 bridgehead atoms. The number of aromatic nitrogens is 2. The quantitative estimate of drug-likeness (QED) is 0.237. The van der Waals surface area contributed by atoms with Crippen LogP contribution in [0.2, 0.25) is 0 Å². The van der Waals surface area contributed by atoms with Gasteiger partial charge in [-0.2, -0.15) is 0 Å². The minimum absolute atomic E-state index is 1.18. The van der Waals surface area contributed by atoms with Crippen molar-refractivity contribution >= 4 is 168 Å². The summed E-state index contributed by atoms with van der Waals surface area (Å²) in [6.45, 7) is 0. The first kappa shape index (κ1) is 38.9. The first-order chi connectivity index (χ1) is 31.2. The van der Waals surface area contributed by atoms with Crippen molar-refractivity contribution in [1.29, 1.82) is 0 Å². The topological polar surface area (TPSA) is 9.86 Å². The van der Waals surface area contributed by atoms with Crippen LogP contribution in [-0.4, -0.2) is 64.1 Å². The van der Waals surface area contributed by atoms with Gasteiger partial charge in [-0.15, -0.1) is 16.8 Å². The Morgan fingerprint density at radius 3 is 1.72 bits per heavy atom. The van der Waals surface area contributed by atoms with Crippen LogP contribution in [0.3, 0.4) is 0 Å². The lowest BCUT2D eigenvalue weighted by Crippen LogP contribution is -2.48. The molecule has 0 radical (unpaired) electrons. The molecule has 9 aromatic carbocycles. The van der Waals surface area contributed by atoms with Crippen molar-refractivity contribution in [1.82, 2.24) is 9.13 Å². The number of nitrogens with zero attached hydrogens (tertiary/aromatic N) is 2. The standard InChI is InChI=1S/C54H41B7N2S/c55-46-42(47(56)51(60)53-44(46)45-48(57)49(58)50(59)52(61)54(45)62(53)31-23-25-41-35(27-31)34-17-8-10-21-40(34)64-41)30-22-24-38-36(26-30)43-33(29-14-5-2-6-15-29)18-11-20-39(43)63(38)37-19-9-7-16-32(37)28-12-3-1-4-13-28/h1-27H,55-61H2. The van der Waals surface area contributed by atoms with E-state index in [0.29, 0.717) is 0 Å². The Labute approximate surface area is 383 Å². The zero-order chi connectivity index (χ0) is 43.5. The van der Waals surface area contributed by atoms with E-state index in [9.17, 15) is 0 Å². The molecule has 0 atom stereocenters. The molecule has 294 valence electrons. The fourth-order valence-electron chi connectivity index (χ4n) is 11.1. The van der Waals surface area contributed by atoms with Gasteiger partial charge in [0.25, 0.3) is 0 Å². The highest BCUT2D eigenvalue weighted by atomic mass is 32.1. The van der Waals surface area contributed by atoms with Crippen LogP contribution in [0.5, 0.6) is 0 Å². The number of hydrogen-bond acceptors (Lipinski definition) is 1. The molecule has 10 heteroatoms. The highest BCUT2D eigenvalue weighted by Gasteiger charge is 2.26. The number of benzene rings is 9. The minimum atomic E-state index is 1.18. The molecule has 0 fully saturated rings. The summed E-state index contributed by atoms with van der Waals surface area (Å²) in [5.74, 6) is 0. The third kappa shape index (κ3) is 5.55. The molecule has 0 saturated carbocycles. The van der Waals surface area contributed by atoms with E-state index in [1.165, 1.54) is 147 Å². The largest absolute Gasteiger partial charge is 0.310 e. The van der Waals surface area contributed by atoms with E-state index in [2.05, 4.69) is 228 Å². The van der Waals surface area contributed by atoms with Crippen LogP contribution < -0.4 is 38.2 Å². The van der Waals surface area contributed by atoms with Gasteiger partial charge in [0, 0.05) is 58.6 Å². The van der Waals surface area contributed by atoms with E-state index in [1.54, 1.807) is 0 Å².